The van der Waals surface area contributed by atoms with Gasteiger partial charge in [-0.15, -0.1) is 0 Å². The topological polar surface area (TPSA) is 106 Å². The van der Waals surface area contributed by atoms with E-state index in [9.17, 15) is 19.1 Å². The van der Waals surface area contributed by atoms with E-state index in [2.05, 4.69) is 15.4 Å². The summed E-state index contributed by atoms with van der Waals surface area (Å²) in [5.41, 5.74) is 2.50. The van der Waals surface area contributed by atoms with Crippen LogP contribution in [0.3, 0.4) is 0 Å². The van der Waals surface area contributed by atoms with Gasteiger partial charge in [-0.05, 0) is 43.5 Å². The van der Waals surface area contributed by atoms with Gasteiger partial charge < -0.3 is 9.84 Å². The zero-order valence-corrected chi connectivity index (χ0v) is 20.4. The Balaban J connectivity index is 1.30. The molecule has 2 aromatic carbocycles. The molecular weight excluding hydrogens is 499 g/mol. The van der Waals surface area contributed by atoms with Crippen molar-refractivity contribution in [2.45, 2.75) is 31.3 Å². The number of carboxylic acids is 1. The van der Waals surface area contributed by atoms with Crippen molar-refractivity contribution in [1.82, 2.24) is 14.8 Å². The number of ether oxygens (including phenoxy) is 1. The number of rotatable bonds is 7. The fourth-order valence-corrected chi connectivity index (χ4v) is 4.47. The summed E-state index contributed by atoms with van der Waals surface area (Å²) in [6.45, 7) is 1.66. The molecule has 0 bridgehead atoms. The number of pyridine rings is 1. The summed E-state index contributed by atoms with van der Waals surface area (Å²) in [5.74, 6) is -1.74. The number of amides is 1. The molecule has 2 aromatic heterocycles. The highest BCUT2D eigenvalue weighted by molar-refractivity contribution is 6.31. The van der Waals surface area contributed by atoms with Gasteiger partial charge in [-0.2, -0.15) is 5.10 Å². The van der Waals surface area contributed by atoms with Crippen LogP contribution >= 0.6 is 11.6 Å². The Morgan fingerprint density at radius 2 is 1.84 bits per heavy atom. The van der Waals surface area contributed by atoms with Crippen molar-refractivity contribution in [2.24, 2.45) is 0 Å². The molecule has 0 spiro atoms. The number of aromatic nitrogens is 3. The molecule has 37 heavy (non-hydrogen) atoms. The second kappa shape index (κ2) is 9.67. The largest absolute Gasteiger partial charge is 0.481 e. The fourth-order valence-electron chi connectivity index (χ4n) is 4.19. The van der Waals surface area contributed by atoms with Gasteiger partial charge in [-0.25, -0.2) is 13.9 Å². The van der Waals surface area contributed by atoms with E-state index in [0.29, 0.717) is 34.8 Å². The zero-order chi connectivity index (χ0) is 26.2. The molecule has 188 valence electrons. The van der Waals surface area contributed by atoms with Crippen LogP contribution in [-0.2, 0) is 14.9 Å². The van der Waals surface area contributed by atoms with Crippen molar-refractivity contribution in [3.05, 3.63) is 95.0 Å². The van der Waals surface area contributed by atoms with Crippen molar-refractivity contribution in [1.29, 1.82) is 0 Å². The Hall–Kier alpha value is -4.24. The van der Waals surface area contributed by atoms with E-state index in [4.69, 9.17) is 16.3 Å². The molecule has 2 N–H and O–H groups in total. The average Bonchev–Trinajstić information content (AvgIpc) is 3.64. The molecule has 1 aliphatic carbocycles. The minimum Gasteiger partial charge on any atom is -0.481 e. The molecule has 4 aromatic rings. The number of carboxylic acid groups (broad SMARTS) is 1. The summed E-state index contributed by atoms with van der Waals surface area (Å²) in [7, 11) is 0. The number of carbonyl (C=O) groups excluding carboxylic acids is 1. The predicted octanol–water partition coefficient (Wildman–Crippen LogP) is 6.15. The molecule has 0 radical (unpaired) electrons. The summed E-state index contributed by atoms with van der Waals surface area (Å²) < 4.78 is 21.1. The fraction of sp³-hybridized carbons (Fsp3) is 0.185. The molecule has 1 aliphatic rings. The SMILES string of the molecule is C[C@@H](OC(=O)Nc1c(F)cnn1-c1ccc(-c2ccc(C3(C(=O)O)CC3)cc2)nc1)c1ccccc1Cl. The first kappa shape index (κ1) is 24.5. The Bertz CT molecular complexity index is 1470. The average molecular weight is 521 g/mol. The smallest absolute Gasteiger partial charge is 0.413 e. The highest BCUT2D eigenvalue weighted by Crippen LogP contribution is 2.48. The van der Waals surface area contributed by atoms with Crippen LogP contribution in [0, 0.1) is 5.82 Å². The van der Waals surface area contributed by atoms with E-state index in [1.165, 1.54) is 10.9 Å². The molecule has 1 amide bonds. The van der Waals surface area contributed by atoms with Crippen molar-refractivity contribution in [3.8, 4) is 16.9 Å². The predicted molar refractivity (Wildman–Crippen MR) is 135 cm³/mol. The highest BCUT2D eigenvalue weighted by atomic mass is 35.5. The molecule has 0 unspecified atom stereocenters. The number of aliphatic carboxylic acids is 1. The van der Waals surface area contributed by atoms with Gasteiger partial charge in [-0.1, -0.05) is 54.1 Å². The number of nitrogens with one attached hydrogen (secondary N) is 1. The van der Waals surface area contributed by atoms with Crippen LogP contribution in [0.2, 0.25) is 5.02 Å². The second-order valence-electron chi connectivity index (χ2n) is 8.81. The minimum atomic E-state index is -0.868. The Morgan fingerprint density at radius 3 is 2.46 bits per heavy atom. The number of hydrogen-bond donors (Lipinski definition) is 2. The van der Waals surface area contributed by atoms with Crippen molar-refractivity contribution >= 4 is 29.5 Å². The van der Waals surface area contributed by atoms with Crippen LogP contribution in [-0.4, -0.2) is 31.9 Å². The first-order valence-corrected chi connectivity index (χ1v) is 11.9. The Kier molecular flexibility index (Phi) is 6.39. The Labute approximate surface area is 216 Å². The van der Waals surface area contributed by atoms with Crippen LogP contribution in [0.4, 0.5) is 15.0 Å². The highest BCUT2D eigenvalue weighted by Gasteiger charge is 2.51. The number of hydrogen-bond acceptors (Lipinski definition) is 5. The normalized spacial score (nSPS) is 14.6. The molecule has 0 aliphatic heterocycles. The van der Waals surface area contributed by atoms with Gasteiger partial charge in [-0.3, -0.25) is 15.1 Å². The first-order valence-electron chi connectivity index (χ1n) is 11.5. The van der Waals surface area contributed by atoms with Crippen molar-refractivity contribution in [2.75, 3.05) is 5.32 Å². The summed E-state index contributed by atoms with van der Waals surface area (Å²) in [6, 6.07) is 17.7. The van der Waals surface area contributed by atoms with Gasteiger partial charge >= 0.3 is 12.1 Å². The van der Waals surface area contributed by atoms with Gasteiger partial charge in [0.2, 0.25) is 0 Å². The summed E-state index contributed by atoms with van der Waals surface area (Å²) in [5, 5.41) is 16.3. The van der Waals surface area contributed by atoms with E-state index in [1.54, 1.807) is 43.3 Å². The van der Waals surface area contributed by atoms with Crippen molar-refractivity contribution < 1.29 is 23.8 Å². The minimum absolute atomic E-state index is 0.196. The third-order valence-electron chi connectivity index (χ3n) is 6.46. The van der Waals surface area contributed by atoms with Gasteiger partial charge in [0, 0.05) is 16.1 Å². The lowest BCUT2D eigenvalue weighted by atomic mass is 9.95. The van der Waals surface area contributed by atoms with E-state index >= 15 is 0 Å². The summed E-state index contributed by atoms with van der Waals surface area (Å²) >= 11 is 6.16. The van der Waals surface area contributed by atoms with Gasteiger partial charge in [0.05, 0.1) is 29.2 Å². The monoisotopic (exact) mass is 520 g/mol. The standard InChI is InChI=1S/C27H22ClFN4O4/c1-16(20-4-2-3-5-21(20)28)37-26(36)32-24-22(29)15-31-33(24)19-10-11-23(30-14-19)17-6-8-18(9-7-17)27(12-13-27)25(34)35/h2-11,14-16H,12-13H2,1H3,(H,32,36)(H,34,35)/t16-/m1/s1. The van der Waals surface area contributed by atoms with Crippen LogP contribution < -0.4 is 5.32 Å². The van der Waals surface area contributed by atoms with Crippen molar-refractivity contribution in [3.63, 3.8) is 0 Å². The third kappa shape index (κ3) is 4.77. The maximum atomic E-state index is 14.5. The van der Waals surface area contributed by atoms with Crippen LogP contribution in [0.1, 0.15) is 37.0 Å². The molecule has 1 atom stereocenters. The van der Waals surface area contributed by atoms with Crippen LogP contribution in [0.5, 0.6) is 0 Å². The van der Waals surface area contributed by atoms with E-state index in [0.717, 1.165) is 17.3 Å². The molecule has 1 fully saturated rings. The Morgan fingerprint density at radius 1 is 1.11 bits per heavy atom. The summed E-state index contributed by atoms with van der Waals surface area (Å²) in [6.07, 6.45) is 2.22. The number of carbonyl (C=O) groups is 2. The van der Waals surface area contributed by atoms with Gasteiger partial charge in [0.15, 0.2) is 11.6 Å². The molecule has 10 heteroatoms. The number of halogens is 2. The van der Waals surface area contributed by atoms with Crippen LogP contribution in [0.25, 0.3) is 16.9 Å². The molecule has 2 heterocycles. The van der Waals surface area contributed by atoms with Gasteiger partial charge in [0.1, 0.15) is 6.10 Å². The van der Waals surface area contributed by atoms with E-state index < -0.39 is 29.4 Å². The molecule has 1 saturated carbocycles. The lowest BCUT2D eigenvalue weighted by molar-refractivity contribution is -0.140. The lowest BCUT2D eigenvalue weighted by Gasteiger charge is -2.16. The summed E-state index contributed by atoms with van der Waals surface area (Å²) in [4.78, 5) is 28.5. The maximum absolute atomic E-state index is 14.5. The number of nitrogens with zero attached hydrogens (tertiary/aromatic N) is 3. The molecular formula is C27H22ClFN4O4. The quantitative estimate of drug-likeness (QED) is 0.302. The molecule has 5 rings (SSSR count). The van der Waals surface area contributed by atoms with E-state index in [-0.39, 0.29) is 5.82 Å². The lowest BCUT2D eigenvalue weighted by Crippen LogP contribution is -2.19. The zero-order valence-electron chi connectivity index (χ0n) is 19.7. The van der Waals surface area contributed by atoms with E-state index in [1.807, 2.05) is 24.3 Å². The van der Waals surface area contributed by atoms with Crippen LogP contribution in [0.15, 0.2) is 73.1 Å². The number of benzene rings is 2. The van der Waals surface area contributed by atoms with Gasteiger partial charge in [0.25, 0.3) is 0 Å². The third-order valence-corrected chi connectivity index (χ3v) is 6.80. The molecule has 0 saturated heterocycles. The number of anilines is 1. The maximum Gasteiger partial charge on any atom is 0.413 e. The molecule has 8 nitrogen and oxygen atoms in total. The second-order valence-corrected chi connectivity index (χ2v) is 9.22. The first-order chi connectivity index (χ1) is 17.8.